The number of nitrogens with one attached hydrogen (secondary N) is 4. The van der Waals surface area contributed by atoms with Crippen LogP contribution in [0.4, 0.5) is 0 Å². The maximum Gasteiger partial charge on any atom is 0.328 e. The number of benzene rings is 3. The number of aromatic amines is 1. The lowest BCUT2D eigenvalue weighted by Crippen LogP contribution is -2.48. The molecule has 1 aliphatic heterocycles. The SMILES string of the molecule is NC(N)=NCCC[C@H]1CC(=O)N[C@@H](Cc2c[nH]c3ccccc23)C(=O)OCCCCCCCCCC[C@@H](Cc2ccc(O)cc2)C(=O)NC[C@H](Cc2ccccc2)C(=O)N1. The monoisotopic (exact) mass is 821 g/mol. The van der Waals surface area contributed by atoms with Gasteiger partial charge in [0.05, 0.1) is 12.5 Å². The van der Waals surface area contributed by atoms with E-state index in [9.17, 15) is 24.3 Å². The lowest BCUT2D eigenvalue weighted by Gasteiger charge is -2.25. The number of rotatable bonds is 10. The van der Waals surface area contributed by atoms with Crippen molar-refractivity contribution in [3.05, 3.63) is 102 Å². The molecule has 3 aromatic carbocycles. The number of amides is 3. The fourth-order valence-corrected chi connectivity index (χ4v) is 7.87. The maximum atomic E-state index is 14.3. The predicted octanol–water partition coefficient (Wildman–Crippen LogP) is 5.73. The Hall–Kier alpha value is -5.85. The number of carbonyl (C=O) groups is 4. The molecule has 0 unspecified atom stereocenters. The lowest BCUT2D eigenvalue weighted by atomic mass is 9.91. The lowest BCUT2D eigenvalue weighted by molar-refractivity contribution is -0.148. The summed E-state index contributed by atoms with van der Waals surface area (Å²) in [6.07, 6.45) is 12.2. The van der Waals surface area contributed by atoms with Crippen molar-refractivity contribution in [1.29, 1.82) is 0 Å². The van der Waals surface area contributed by atoms with Crippen molar-refractivity contribution in [1.82, 2.24) is 20.9 Å². The number of ether oxygens (including phenoxy) is 1. The van der Waals surface area contributed by atoms with Crippen LogP contribution < -0.4 is 27.4 Å². The van der Waals surface area contributed by atoms with Crippen LogP contribution in [0.2, 0.25) is 0 Å². The first-order chi connectivity index (χ1) is 29.1. The van der Waals surface area contributed by atoms with E-state index in [1.807, 2.05) is 72.9 Å². The summed E-state index contributed by atoms with van der Waals surface area (Å²) in [4.78, 5) is 63.1. The molecule has 60 heavy (non-hydrogen) atoms. The number of fused-ring (bicyclic) bond motifs is 1. The van der Waals surface area contributed by atoms with Gasteiger partial charge in [-0.05, 0) is 73.4 Å². The molecule has 1 saturated heterocycles. The number of guanidine groups is 1. The number of nitrogens with zero attached hydrogens (tertiary/aromatic N) is 1. The van der Waals surface area contributed by atoms with E-state index in [2.05, 4.69) is 25.9 Å². The van der Waals surface area contributed by atoms with Gasteiger partial charge in [0.1, 0.15) is 11.8 Å². The summed E-state index contributed by atoms with van der Waals surface area (Å²) in [6, 6.07) is 22.8. The van der Waals surface area contributed by atoms with Crippen LogP contribution in [-0.4, -0.2) is 71.5 Å². The Balaban J connectivity index is 1.37. The second kappa shape index (κ2) is 24.3. The topological polar surface area (TPSA) is 214 Å². The number of phenols is 1. The van der Waals surface area contributed by atoms with Crippen LogP contribution in [0.25, 0.3) is 10.9 Å². The number of aliphatic imine (C=N–C) groups is 1. The van der Waals surface area contributed by atoms with Gasteiger partial charge in [-0.1, -0.05) is 106 Å². The van der Waals surface area contributed by atoms with Crippen molar-refractivity contribution in [3.8, 4) is 5.75 Å². The highest BCUT2D eigenvalue weighted by molar-refractivity contribution is 5.88. The van der Waals surface area contributed by atoms with Crippen LogP contribution in [0.3, 0.4) is 0 Å². The fourth-order valence-electron chi connectivity index (χ4n) is 7.87. The average Bonchev–Trinajstić information content (AvgIpc) is 3.65. The molecule has 0 bridgehead atoms. The van der Waals surface area contributed by atoms with Crippen molar-refractivity contribution < 1.29 is 29.0 Å². The number of esters is 1. The Morgan fingerprint density at radius 2 is 1.40 bits per heavy atom. The molecule has 0 radical (unpaired) electrons. The van der Waals surface area contributed by atoms with Gasteiger partial charge in [0.25, 0.3) is 0 Å². The molecular formula is C47H63N7O6. The van der Waals surface area contributed by atoms with Crippen molar-refractivity contribution in [2.45, 2.75) is 108 Å². The largest absolute Gasteiger partial charge is 0.508 e. The number of aromatic nitrogens is 1. The molecular weight excluding hydrogens is 759 g/mol. The fraction of sp³-hybridized carbons (Fsp3) is 0.468. The van der Waals surface area contributed by atoms with Crippen LogP contribution in [0.15, 0.2) is 90.1 Å². The van der Waals surface area contributed by atoms with Crippen LogP contribution >= 0.6 is 0 Å². The van der Waals surface area contributed by atoms with Crippen LogP contribution in [-0.2, 0) is 43.2 Å². The van der Waals surface area contributed by atoms with Gasteiger partial charge in [-0.15, -0.1) is 0 Å². The van der Waals surface area contributed by atoms with Gasteiger partial charge < -0.3 is 42.2 Å². The van der Waals surface area contributed by atoms with E-state index in [0.717, 1.165) is 79.0 Å². The van der Waals surface area contributed by atoms with E-state index in [-0.39, 0.29) is 55.4 Å². The van der Waals surface area contributed by atoms with Crippen molar-refractivity contribution >= 4 is 40.6 Å². The average molecular weight is 822 g/mol. The number of phenolic OH excluding ortho intramolecular Hbond substituents is 1. The molecule has 4 aromatic rings. The minimum atomic E-state index is -0.948. The third-order valence-corrected chi connectivity index (χ3v) is 11.2. The molecule has 0 spiro atoms. The number of nitrogens with two attached hydrogens (primary N) is 2. The zero-order valence-electron chi connectivity index (χ0n) is 34.7. The number of cyclic esters (lactones) is 1. The number of carbonyl (C=O) groups excluding carboxylic acids is 4. The normalized spacial score (nSPS) is 21.1. The summed E-state index contributed by atoms with van der Waals surface area (Å²) < 4.78 is 5.77. The van der Waals surface area contributed by atoms with Gasteiger partial charge in [0.2, 0.25) is 17.7 Å². The minimum absolute atomic E-state index is 0.0495. The summed E-state index contributed by atoms with van der Waals surface area (Å²) in [5, 5.41) is 20.0. The molecule has 2 heterocycles. The molecule has 9 N–H and O–H groups in total. The highest BCUT2D eigenvalue weighted by Gasteiger charge is 2.29. The molecule has 0 saturated carbocycles. The molecule has 3 amide bonds. The summed E-state index contributed by atoms with van der Waals surface area (Å²) in [7, 11) is 0. The highest BCUT2D eigenvalue weighted by Crippen LogP contribution is 2.22. The van der Waals surface area contributed by atoms with Crippen molar-refractivity contribution in [3.63, 3.8) is 0 Å². The Morgan fingerprint density at radius 1 is 0.733 bits per heavy atom. The van der Waals surface area contributed by atoms with E-state index in [1.54, 1.807) is 12.1 Å². The van der Waals surface area contributed by atoms with E-state index in [0.29, 0.717) is 38.6 Å². The summed E-state index contributed by atoms with van der Waals surface area (Å²) in [5.41, 5.74) is 14.8. The first-order valence-electron chi connectivity index (χ1n) is 21.6. The van der Waals surface area contributed by atoms with Gasteiger partial charge in [0.15, 0.2) is 5.96 Å². The molecule has 4 atom stereocenters. The van der Waals surface area contributed by atoms with Gasteiger partial charge in [-0.2, -0.15) is 0 Å². The molecule has 0 aliphatic carbocycles. The third-order valence-electron chi connectivity index (χ3n) is 11.2. The summed E-state index contributed by atoms with van der Waals surface area (Å²) >= 11 is 0. The van der Waals surface area contributed by atoms with E-state index in [4.69, 9.17) is 16.2 Å². The summed E-state index contributed by atoms with van der Waals surface area (Å²) in [5.74, 6) is -2.18. The quantitative estimate of drug-likeness (QED) is 0.0453. The molecule has 322 valence electrons. The zero-order valence-corrected chi connectivity index (χ0v) is 34.7. The highest BCUT2D eigenvalue weighted by atomic mass is 16.5. The van der Waals surface area contributed by atoms with Crippen molar-refractivity contribution in [2.75, 3.05) is 19.7 Å². The first kappa shape index (κ1) is 45.2. The summed E-state index contributed by atoms with van der Waals surface area (Å²) in [6.45, 7) is 0.657. The van der Waals surface area contributed by atoms with Gasteiger partial charge in [-0.25, -0.2) is 4.79 Å². The van der Waals surface area contributed by atoms with E-state index >= 15 is 0 Å². The standard InChI is InChI=1S/C47H63N7O6/c48-47(49)50-25-14-18-38-30-43(56)54-42(29-36-31-51-41-20-12-11-19-40(36)41)46(59)60-26-13-6-4-2-1-3-5-10-17-35(27-34-21-23-39(55)24-22-34)44(57)52-32-37(45(58)53-38)28-33-15-8-7-9-16-33/h7-9,11-12,15-16,19-24,31,35,37-38,42,51,55H,1-6,10,13-14,17-18,25-30,32H2,(H,52,57)(H,53,58)(H,54,56)(H4,48,49,50)/t35-,37-,38-,42-/m0/s1. The van der Waals surface area contributed by atoms with E-state index < -0.39 is 29.9 Å². The Bertz CT molecular complexity index is 1980. The molecule has 13 nitrogen and oxygen atoms in total. The van der Waals surface area contributed by atoms with Gasteiger partial charge in [-0.3, -0.25) is 19.4 Å². The number of hydrogen-bond acceptors (Lipinski definition) is 7. The second-order valence-corrected chi connectivity index (χ2v) is 16.0. The number of aromatic hydroxyl groups is 1. The number of para-hydroxylation sites is 1. The van der Waals surface area contributed by atoms with Crippen LogP contribution in [0.1, 0.15) is 93.7 Å². The van der Waals surface area contributed by atoms with E-state index in [1.165, 1.54) is 0 Å². The Kier molecular flexibility index (Phi) is 18.3. The molecule has 1 aromatic heterocycles. The van der Waals surface area contributed by atoms with Crippen LogP contribution in [0, 0.1) is 11.8 Å². The zero-order chi connectivity index (χ0) is 42.5. The smallest absolute Gasteiger partial charge is 0.328 e. The third kappa shape index (κ3) is 15.4. The molecule has 1 aliphatic rings. The number of hydrogen-bond donors (Lipinski definition) is 7. The second-order valence-electron chi connectivity index (χ2n) is 16.0. The van der Waals surface area contributed by atoms with Crippen LogP contribution in [0.5, 0.6) is 5.75 Å². The van der Waals surface area contributed by atoms with Crippen molar-refractivity contribution in [2.24, 2.45) is 28.3 Å². The first-order valence-corrected chi connectivity index (χ1v) is 21.6. The molecule has 5 rings (SSSR count). The van der Waals surface area contributed by atoms with Gasteiger partial charge >= 0.3 is 5.97 Å². The molecule has 13 heteroatoms. The maximum absolute atomic E-state index is 14.3. The number of H-pyrrole nitrogens is 1. The Morgan fingerprint density at radius 3 is 2.15 bits per heavy atom. The van der Waals surface area contributed by atoms with Gasteiger partial charge in [0, 0.05) is 55.0 Å². The minimum Gasteiger partial charge on any atom is -0.508 e. The predicted molar refractivity (Wildman–Crippen MR) is 235 cm³/mol. The molecule has 1 fully saturated rings. The Labute approximate surface area is 353 Å².